The molecule has 2 heterocycles. The molecule has 0 bridgehead atoms. The summed E-state index contributed by atoms with van der Waals surface area (Å²) in [5.41, 5.74) is 3.41. The smallest absolute Gasteiger partial charge is 0.334 e. The second kappa shape index (κ2) is 7.20. The van der Waals surface area contributed by atoms with Crippen molar-refractivity contribution in [1.82, 2.24) is 15.0 Å². The Kier molecular flexibility index (Phi) is 4.58. The van der Waals surface area contributed by atoms with Gasteiger partial charge in [0.2, 0.25) is 11.6 Å². The zero-order valence-electron chi connectivity index (χ0n) is 15.1. The highest BCUT2D eigenvalue weighted by molar-refractivity contribution is 7.22. The summed E-state index contributed by atoms with van der Waals surface area (Å²) in [6.07, 6.45) is 1.29. The van der Waals surface area contributed by atoms with Crippen molar-refractivity contribution in [2.24, 2.45) is 0 Å². The molecule has 28 heavy (non-hydrogen) atoms. The van der Waals surface area contributed by atoms with Gasteiger partial charge in [-0.05, 0) is 49.2 Å². The summed E-state index contributed by atoms with van der Waals surface area (Å²) in [5.74, 6) is 0.208. The maximum Gasteiger partial charge on any atom is 0.353 e. The lowest BCUT2D eigenvalue weighted by atomic mass is 10.1. The average molecular weight is 392 g/mol. The van der Waals surface area contributed by atoms with Crippen LogP contribution in [0.1, 0.15) is 11.1 Å². The number of nitrogens with zero attached hydrogens (tertiary/aromatic N) is 4. The lowest BCUT2D eigenvalue weighted by molar-refractivity contribution is -0.383. The van der Waals surface area contributed by atoms with Crippen LogP contribution in [0.3, 0.4) is 0 Å². The number of thiazole rings is 1. The van der Waals surface area contributed by atoms with Gasteiger partial charge >= 0.3 is 5.69 Å². The molecule has 9 heteroatoms. The largest absolute Gasteiger partial charge is 0.353 e. The van der Waals surface area contributed by atoms with Crippen LogP contribution in [0.2, 0.25) is 0 Å². The van der Waals surface area contributed by atoms with E-state index in [-0.39, 0.29) is 17.3 Å². The van der Waals surface area contributed by atoms with Gasteiger partial charge in [0.25, 0.3) is 0 Å². The minimum absolute atomic E-state index is 0.0888. The van der Waals surface area contributed by atoms with Gasteiger partial charge < -0.3 is 10.6 Å². The minimum atomic E-state index is -0.499. The first-order valence-electron chi connectivity index (χ1n) is 8.47. The topological polar surface area (TPSA) is 106 Å². The maximum absolute atomic E-state index is 11.8. The molecule has 0 aliphatic rings. The summed E-state index contributed by atoms with van der Waals surface area (Å²) in [6.45, 7) is 3.93. The van der Waals surface area contributed by atoms with E-state index in [1.165, 1.54) is 17.7 Å². The van der Waals surface area contributed by atoms with E-state index in [0.717, 1.165) is 27.0 Å². The molecule has 0 saturated carbocycles. The summed E-state index contributed by atoms with van der Waals surface area (Å²) in [4.78, 5) is 23.9. The Morgan fingerprint density at radius 3 is 2.36 bits per heavy atom. The molecule has 0 amide bonds. The van der Waals surface area contributed by atoms with Crippen molar-refractivity contribution < 1.29 is 4.92 Å². The van der Waals surface area contributed by atoms with Crippen LogP contribution in [0.25, 0.3) is 10.2 Å². The fourth-order valence-electron chi connectivity index (χ4n) is 2.95. The molecule has 2 N–H and O–H groups in total. The molecule has 4 rings (SSSR count). The van der Waals surface area contributed by atoms with Gasteiger partial charge in [-0.1, -0.05) is 29.5 Å². The number of benzene rings is 2. The van der Waals surface area contributed by atoms with Gasteiger partial charge in [0, 0.05) is 5.69 Å². The standard InChI is InChI=1S/C19H16N6O2S/c1-11-7-12(2)9-13(8-11)22-17-16(25(26)27)18(21-10-20-17)24-19-23-14-5-3-4-6-15(14)28-19/h3-10H,1-2H3,(H2,20,21,22,23,24). The van der Waals surface area contributed by atoms with Gasteiger partial charge in [-0.15, -0.1) is 0 Å². The van der Waals surface area contributed by atoms with Gasteiger partial charge in [-0.25, -0.2) is 15.0 Å². The van der Waals surface area contributed by atoms with Crippen LogP contribution in [0.5, 0.6) is 0 Å². The number of nitrogens with one attached hydrogen (secondary N) is 2. The van der Waals surface area contributed by atoms with E-state index < -0.39 is 4.92 Å². The molecule has 8 nitrogen and oxygen atoms in total. The van der Waals surface area contributed by atoms with Crippen molar-refractivity contribution in [3.63, 3.8) is 0 Å². The monoisotopic (exact) mass is 392 g/mol. The predicted octanol–water partition coefficient (Wildman–Crippen LogP) is 5.10. The summed E-state index contributed by atoms with van der Waals surface area (Å²) in [5, 5.41) is 18.3. The Balaban J connectivity index is 1.71. The van der Waals surface area contributed by atoms with Crippen molar-refractivity contribution >= 4 is 49.7 Å². The molecule has 4 aromatic rings. The van der Waals surface area contributed by atoms with Gasteiger partial charge in [-0.2, -0.15) is 0 Å². The Bertz CT molecular complexity index is 1140. The van der Waals surface area contributed by atoms with Gasteiger partial charge in [0.15, 0.2) is 5.13 Å². The van der Waals surface area contributed by atoms with Crippen molar-refractivity contribution in [2.75, 3.05) is 10.6 Å². The average Bonchev–Trinajstić information content (AvgIpc) is 3.03. The number of anilines is 4. The minimum Gasteiger partial charge on any atom is -0.334 e. The molecule has 0 atom stereocenters. The van der Waals surface area contributed by atoms with E-state index in [0.29, 0.717) is 5.13 Å². The highest BCUT2D eigenvalue weighted by Crippen LogP contribution is 2.35. The molecular formula is C19H16N6O2S. The highest BCUT2D eigenvalue weighted by atomic mass is 32.1. The van der Waals surface area contributed by atoms with E-state index >= 15 is 0 Å². The third-order valence-electron chi connectivity index (χ3n) is 4.01. The molecule has 0 aliphatic carbocycles. The number of nitro groups is 1. The highest BCUT2D eigenvalue weighted by Gasteiger charge is 2.24. The van der Waals surface area contributed by atoms with Crippen LogP contribution in [-0.2, 0) is 0 Å². The number of hydrogen-bond donors (Lipinski definition) is 2. The third-order valence-corrected chi connectivity index (χ3v) is 4.96. The zero-order chi connectivity index (χ0) is 19.7. The lowest BCUT2D eigenvalue weighted by Crippen LogP contribution is -2.05. The van der Waals surface area contributed by atoms with E-state index in [1.807, 2.05) is 56.3 Å². The summed E-state index contributed by atoms with van der Waals surface area (Å²) < 4.78 is 0.982. The second-order valence-electron chi connectivity index (χ2n) is 6.29. The normalized spacial score (nSPS) is 10.8. The van der Waals surface area contributed by atoms with Crippen molar-refractivity contribution in [1.29, 1.82) is 0 Å². The Hall–Kier alpha value is -3.59. The van der Waals surface area contributed by atoms with Gasteiger partial charge in [0.1, 0.15) is 6.33 Å². The summed E-state index contributed by atoms with van der Waals surface area (Å²) >= 11 is 1.40. The number of rotatable bonds is 5. The molecule has 0 spiro atoms. The van der Waals surface area contributed by atoms with Crippen LogP contribution in [0.4, 0.5) is 28.1 Å². The molecule has 0 fully saturated rings. The molecule has 0 aliphatic heterocycles. The molecular weight excluding hydrogens is 376 g/mol. The van der Waals surface area contributed by atoms with Crippen LogP contribution in [-0.4, -0.2) is 19.9 Å². The molecule has 2 aromatic heterocycles. The molecule has 140 valence electrons. The SMILES string of the molecule is Cc1cc(C)cc(Nc2ncnc(Nc3nc4ccccc4s3)c2[N+](=O)[O-])c1. The fraction of sp³-hybridized carbons (Fsp3) is 0.105. The first-order valence-corrected chi connectivity index (χ1v) is 9.28. The van der Waals surface area contributed by atoms with Crippen molar-refractivity contribution in [2.45, 2.75) is 13.8 Å². The number of aryl methyl sites for hydroxylation is 2. The Morgan fingerprint density at radius 1 is 1.00 bits per heavy atom. The Labute approximate surface area is 164 Å². The predicted molar refractivity (Wildman–Crippen MR) is 111 cm³/mol. The van der Waals surface area contributed by atoms with E-state index in [2.05, 4.69) is 25.6 Å². The van der Waals surface area contributed by atoms with Crippen LogP contribution in [0.15, 0.2) is 48.8 Å². The number of hydrogen-bond acceptors (Lipinski definition) is 8. The molecule has 0 radical (unpaired) electrons. The van der Waals surface area contributed by atoms with E-state index in [1.54, 1.807) is 0 Å². The third kappa shape index (κ3) is 3.60. The number of fused-ring (bicyclic) bond motifs is 1. The van der Waals surface area contributed by atoms with E-state index in [9.17, 15) is 10.1 Å². The Morgan fingerprint density at radius 2 is 1.68 bits per heavy atom. The number of aromatic nitrogens is 3. The van der Waals surface area contributed by atoms with Crippen molar-refractivity contribution in [3.05, 3.63) is 70.0 Å². The lowest BCUT2D eigenvalue weighted by Gasteiger charge is -2.10. The van der Waals surface area contributed by atoms with Gasteiger partial charge in [0.05, 0.1) is 15.1 Å². The van der Waals surface area contributed by atoms with Crippen molar-refractivity contribution in [3.8, 4) is 0 Å². The first kappa shape index (κ1) is 17.8. The molecule has 2 aromatic carbocycles. The molecule has 0 saturated heterocycles. The number of para-hydroxylation sites is 1. The maximum atomic E-state index is 11.8. The summed E-state index contributed by atoms with van der Waals surface area (Å²) in [7, 11) is 0. The second-order valence-corrected chi connectivity index (χ2v) is 7.32. The van der Waals surface area contributed by atoms with Gasteiger partial charge in [-0.3, -0.25) is 10.1 Å². The van der Waals surface area contributed by atoms with Crippen LogP contribution >= 0.6 is 11.3 Å². The zero-order valence-corrected chi connectivity index (χ0v) is 15.9. The van der Waals surface area contributed by atoms with Crippen LogP contribution < -0.4 is 10.6 Å². The fourth-order valence-corrected chi connectivity index (χ4v) is 3.81. The quantitative estimate of drug-likeness (QED) is 0.359. The van der Waals surface area contributed by atoms with E-state index in [4.69, 9.17) is 0 Å². The first-order chi connectivity index (χ1) is 13.5. The summed E-state index contributed by atoms with van der Waals surface area (Å²) in [6, 6.07) is 13.5. The molecule has 0 unspecified atom stereocenters. The van der Waals surface area contributed by atoms with Crippen LogP contribution in [0, 0.1) is 24.0 Å².